The van der Waals surface area contributed by atoms with Crippen LogP contribution in [0.1, 0.15) is 59.3 Å². The molecule has 0 aromatic carbocycles. The minimum Gasteiger partial charge on any atom is -0.550 e. The molecular formula is C12H21ErO6. The van der Waals surface area contributed by atoms with E-state index < -0.39 is 17.9 Å². The smallest absolute Gasteiger partial charge is 0.550 e. The van der Waals surface area contributed by atoms with Gasteiger partial charge in [-0.3, -0.25) is 0 Å². The normalized spacial score (nSPS) is 7.74. The van der Waals surface area contributed by atoms with Crippen LogP contribution in [-0.2, 0) is 14.4 Å². The third kappa shape index (κ3) is 57.8. The average Bonchev–Trinajstić information content (AvgIpc) is 2.18. The summed E-state index contributed by atoms with van der Waals surface area (Å²) in [6.07, 6.45) is 2.55. The molecule has 0 atom stereocenters. The van der Waals surface area contributed by atoms with Crippen molar-refractivity contribution in [3.8, 4) is 0 Å². The number of hydrogen-bond donors (Lipinski definition) is 0. The van der Waals surface area contributed by atoms with Crippen molar-refractivity contribution in [1.82, 2.24) is 0 Å². The minimum absolute atomic E-state index is 0. The van der Waals surface area contributed by atoms with Crippen LogP contribution in [-0.4, -0.2) is 17.9 Å². The molecule has 0 amide bonds. The zero-order chi connectivity index (χ0) is 15.0. The standard InChI is InChI=1S/3C4H8O2.Er/c3*1-2-3-4(5)6;/h3*2-3H2,1H3,(H,5,6);/q;;;+3/p-3. The number of carbonyl (C=O) groups is 3. The third-order valence-corrected chi connectivity index (χ3v) is 1.36. The van der Waals surface area contributed by atoms with Crippen LogP contribution < -0.4 is 15.3 Å². The largest absolute Gasteiger partial charge is 3.00 e. The number of carbonyl (C=O) groups excluding carboxylic acids is 3. The number of aliphatic carboxylic acids is 3. The summed E-state index contributed by atoms with van der Waals surface area (Å²) in [6.45, 7) is 5.40. The molecule has 0 aliphatic rings. The van der Waals surface area contributed by atoms with Gasteiger partial charge in [0, 0.05) is 17.9 Å². The Kier molecular flexibility index (Phi) is 32.5. The summed E-state index contributed by atoms with van der Waals surface area (Å²) < 4.78 is 0. The van der Waals surface area contributed by atoms with Gasteiger partial charge < -0.3 is 29.7 Å². The Morgan fingerprint density at radius 2 is 0.789 bits per heavy atom. The summed E-state index contributed by atoms with van der Waals surface area (Å²) in [5, 5.41) is 28.5. The Morgan fingerprint density at radius 1 is 0.632 bits per heavy atom. The van der Waals surface area contributed by atoms with Crippen molar-refractivity contribution in [2.75, 3.05) is 0 Å². The predicted octanol–water partition coefficient (Wildman–Crippen LogP) is -1.39. The fourth-order valence-electron chi connectivity index (χ4n) is 0.612. The Hall–Kier alpha value is -0.343. The number of carboxylic acid groups (broad SMARTS) is 3. The molecule has 0 fully saturated rings. The quantitative estimate of drug-likeness (QED) is 0.514. The zero-order valence-electron chi connectivity index (χ0n) is 11.5. The van der Waals surface area contributed by atoms with Gasteiger partial charge in [-0.05, 0) is 19.3 Å². The van der Waals surface area contributed by atoms with E-state index in [0.717, 1.165) is 0 Å². The van der Waals surface area contributed by atoms with E-state index >= 15 is 0 Å². The Morgan fingerprint density at radius 3 is 0.789 bits per heavy atom. The summed E-state index contributed by atoms with van der Waals surface area (Å²) in [5.74, 6) is -2.88. The Balaban J connectivity index is -0.0000000865. The monoisotopic (exact) mass is 427 g/mol. The topological polar surface area (TPSA) is 120 Å². The fraction of sp³-hybridized carbons (Fsp3) is 0.750. The Labute approximate surface area is 143 Å². The van der Waals surface area contributed by atoms with Crippen molar-refractivity contribution >= 4 is 17.9 Å². The van der Waals surface area contributed by atoms with Crippen LogP contribution in [0.3, 0.4) is 0 Å². The number of rotatable bonds is 6. The van der Waals surface area contributed by atoms with E-state index in [1.54, 1.807) is 20.8 Å². The second kappa shape index (κ2) is 22.8. The van der Waals surface area contributed by atoms with Gasteiger partial charge in [0.15, 0.2) is 0 Å². The van der Waals surface area contributed by atoms with Gasteiger partial charge in [0.2, 0.25) is 0 Å². The van der Waals surface area contributed by atoms with E-state index in [2.05, 4.69) is 0 Å². The Bertz CT molecular complexity index is 192. The molecule has 0 rings (SSSR count). The summed E-state index contributed by atoms with van der Waals surface area (Å²) in [5.41, 5.74) is 0. The van der Waals surface area contributed by atoms with Gasteiger partial charge in [-0.15, -0.1) is 0 Å². The summed E-state index contributed by atoms with van der Waals surface area (Å²) in [6, 6.07) is 0. The zero-order valence-corrected chi connectivity index (χ0v) is 13.3. The van der Waals surface area contributed by atoms with Crippen molar-refractivity contribution in [2.45, 2.75) is 59.3 Å². The molecular weight excluding hydrogens is 407 g/mol. The van der Waals surface area contributed by atoms with E-state index in [1.165, 1.54) is 0 Å². The molecule has 0 N–H and O–H groups in total. The van der Waals surface area contributed by atoms with E-state index in [9.17, 15) is 29.7 Å². The van der Waals surface area contributed by atoms with Crippen LogP contribution in [0.5, 0.6) is 0 Å². The molecule has 0 unspecified atom stereocenters. The maximum atomic E-state index is 9.49. The van der Waals surface area contributed by atoms with Gasteiger partial charge in [0.25, 0.3) is 0 Å². The van der Waals surface area contributed by atoms with E-state index in [-0.39, 0.29) is 56.6 Å². The number of hydrogen-bond acceptors (Lipinski definition) is 6. The van der Waals surface area contributed by atoms with E-state index in [1.807, 2.05) is 0 Å². The van der Waals surface area contributed by atoms with Crippen molar-refractivity contribution in [2.24, 2.45) is 0 Å². The second-order valence-electron chi connectivity index (χ2n) is 3.37. The van der Waals surface area contributed by atoms with Gasteiger partial charge in [-0.25, -0.2) is 0 Å². The SMILES string of the molecule is CCCC(=O)[O-].CCCC(=O)[O-].CCCC(=O)[O-].[Er+3]. The molecule has 7 heteroatoms. The molecule has 117 valence electrons. The summed E-state index contributed by atoms with van der Waals surface area (Å²) in [4.78, 5) is 28.5. The number of carboxylic acids is 3. The molecule has 0 aromatic heterocycles. The van der Waals surface area contributed by atoms with Crippen molar-refractivity contribution in [3.05, 3.63) is 0 Å². The van der Waals surface area contributed by atoms with Gasteiger partial charge in [0.1, 0.15) is 0 Å². The molecule has 6 nitrogen and oxygen atoms in total. The van der Waals surface area contributed by atoms with Crippen LogP contribution in [0.15, 0.2) is 0 Å². The molecule has 0 heterocycles. The summed E-state index contributed by atoms with van der Waals surface area (Å²) in [7, 11) is 0. The van der Waals surface area contributed by atoms with Crippen LogP contribution in [0.25, 0.3) is 0 Å². The molecule has 0 spiro atoms. The minimum atomic E-state index is -0.961. The second-order valence-corrected chi connectivity index (χ2v) is 3.37. The van der Waals surface area contributed by atoms with Gasteiger partial charge in [-0.1, -0.05) is 40.0 Å². The molecule has 19 heavy (non-hydrogen) atoms. The van der Waals surface area contributed by atoms with Crippen LogP contribution in [0.4, 0.5) is 0 Å². The first-order chi connectivity index (χ1) is 8.31. The molecule has 1 radical (unpaired) electrons. The molecule has 0 saturated carbocycles. The van der Waals surface area contributed by atoms with Gasteiger partial charge >= 0.3 is 37.3 Å². The van der Waals surface area contributed by atoms with Crippen molar-refractivity contribution in [3.63, 3.8) is 0 Å². The molecule has 0 saturated heterocycles. The first-order valence-electron chi connectivity index (χ1n) is 5.91. The average molecular weight is 429 g/mol. The molecule has 0 aliphatic heterocycles. The molecule has 0 aliphatic carbocycles. The first-order valence-corrected chi connectivity index (χ1v) is 5.91. The van der Waals surface area contributed by atoms with Gasteiger partial charge in [0.05, 0.1) is 0 Å². The fourth-order valence-corrected chi connectivity index (χ4v) is 0.612. The summed E-state index contributed by atoms with van der Waals surface area (Å²) >= 11 is 0. The van der Waals surface area contributed by atoms with Gasteiger partial charge in [-0.2, -0.15) is 0 Å². The maximum absolute atomic E-state index is 9.49. The van der Waals surface area contributed by atoms with E-state index in [4.69, 9.17) is 0 Å². The van der Waals surface area contributed by atoms with Crippen LogP contribution in [0.2, 0.25) is 0 Å². The molecule has 0 bridgehead atoms. The molecule has 0 aromatic rings. The van der Waals surface area contributed by atoms with Crippen molar-refractivity contribution < 1.29 is 67.0 Å². The predicted molar refractivity (Wildman–Crippen MR) is 59.7 cm³/mol. The van der Waals surface area contributed by atoms with Crippen LogP contribution in [0, 0.1) is 37.3 Å². The van der Waals surface area contributed by atoms with Crippen molar-refractivity contribution in [1.29, 1.82) is 0 Å². The maximum Gasteiger partial charge on any atom is 3.00 e. The van der Waals surface area contributed by atoms with E-state index in [0.29, 0.717) is 19.3 Å². The first kappa shape index (κ1) is 27.1. The third-order valence-electron chi connectivity index (χ3n) is 1.36. The van der Waals surface area contributed by atoms with Crippen LogP contribution >= 0.6 is 0 Å².